The molecule has 0 unspecified atom stereocenters. The molecule has 1 N–H and O–H groups in total. The molecular weight excluding hydrogens is 542 g/mol. The highest BCUT2D eigenvalue weighted by Crippen LogP contribution is 2.42. The Hall–Kier alpha value is -2.65. The molecule has 0 spiro atoms. The minimum Gasteiger partial charge on any atom is -0.395 e. The molecule has 5 rings (SSSR count). The van der Waals surface area contributed by atoms with Gasteiger partial charge in [-0.15, -0.1) is 0 Å². The summed E-state index contributed by atoms with van der Waals surface area (Å²) in [4.78, 5) is 17.1. The second-order valence-electron chi connectivity index (χ2n) is 9.90. The second-order valence-corrected chi connectivity index (χ2v) is 10.7. The van der Waals surface area contributed by atoms with Crippen LogP contribution in [0.5, 0.6) is 0 Å². The van der Waals surface area contributed by atoms with Crippen LogP contribution in [0.25, 0.3) is 11.2 Å². The number of likely N-dealkylation sites (tertiary alicyclic amines) is 1. The number of alkyl halides is 3. The number of β-amino-alcohol motifs (C(OH)–C–C–N with tert-alkyl or cyclic N) is 1. The predicted octanol–water partition coefficient (Wildman–Crippen LogP) is 4.77. The van der Waals surface area contributed by atoms with Gasteiger partial charge >= 0.3 is 6.18 Å². The molecule has 0 radical (unpaired) electrons. The van der Waals surface area contributed by atoms with Crippen molar-refractivity contribution in [3.05, 3.63) is 45.5 Å². The first kappa shape index (κ1) is 26.9. The number of pyridine rings is 1. The summed E-state index contributed by atoms with van der Waals surface area (Å²) in [5.41, 5.74) is -1.73. The van der Waals surface area contributed by atoms with Crippen molar-refractivity contribution < 1.29 is 18.3 Å². The van der Waals surface area contributed by atoms with E-state index in [9.17, 15) is 23.5 Å². The van der Waals surface area contributed by atoms with Crippen LogP contribution < -0.4 is 4.90 Å². The highest BCUT2D eigenvalue weighted by atomic mass is 35.5. The first-order valence-corrected chi connectivity index (χ1v) is 13.1. The van der Waals surface area contributed by atoms with Crippen molar-refractivity contribution in [1.29, 1.82) is 5.26 Å². The smallest absolute Gasteiger partial charge is 0.395 e. The maximum absolute atomic E-state index is 14.1. The average Bonchev–Trinajstić information content (AvgIpc) is 3.17. The van der Waals surface area contributed by atoms with E-state index in [4.69, 9.17) is 23.2 Å². The summed E-state index contributed by atoms with van der Waals surface area (Å²) in [6.07, 6.45) is 0.117. The van der Waals surface area contributed by atoms with Gasteiger partial charge in [0.25, 0.3) is 0 Å². The van der Waals surface area contributed by atoms with Crippen molar-refractivity contribution in [2.24, 2.45) is 11.8 Å². The van der Waals surface area contributed by atoms with E-state index in [1.54, 1.807) is 13.0 Å². The number of nitriles is 1. The Morgan fingerprint density at radius 2 is 1.95 bits per heavy atom. The standard InChI is InChI=1S/C25H26Cl2F3N7O/c1-14(17-9-32-20(27)7-18(17)26)37-19(8-31)22(25(28,29)30)23-24(37)34-21(10-33-23)36-12-16(13-36)15-3-2-4-35(11-15)5-6-38/h7,9-10,14-16,38H,2-6,11-13H2,1H3/t14-,15+/m1/s1. The number of rotatable bonds is 6. The fourth-order valence-corrected chi connectivity index (χ4v) is 6.17. The van der Waals surface area contributed by atoms with E-state index in [0.29, 0.717) is 29.8 Å². The molecule has 202 valence electrons. The zero-order valence-electron chi connectivity index (χ0n) is 20.6. The molecule has 2 saturated heterocycles. The largest absolute Gasteiger partial charge is 0.421 e. The van der Waals surface area contributed by atoms with Crippen molar-refractivity contribution in [1.82, 2.24) is 24.4 Å². The Kier molecular flexibility index (Phi) is 7.44. The van der Waals surface area contributed by atoms with E-state index in [1.165, 1.54) is 23.0 Å². The quantitative estimate of drug-likeness (QED) is 0.428. The molecule has 13 heteroatoms. The molecule has 2 aliphatic heterocycles. The number of halogens is 5. The molecule has 0 amide bonds. The normalized spacial score (nSPS) is 19.9. The molecule has 8 nitrogen and oxygen atoms in total. The van der Waals surface area contributed by atoms with Crippen LogP contribution in [0, 0.1) is 23.2 Å². The lowest BCUT2D eigenvalue weighted by Crippen LogP contribution is -2.54. The van der Waals surface area contributed by atoms with Crippen molar-refractivity contribution in [2.75, 3.05) is 44.2 Å². The van der Waals surface area contributed by atoms with E-state index in [0.717, 1.165) is 39.0 Å². The Labute approximate surface area is 227 Å². The number of aliphatic hydroxyl groups excluding tert-OH is 1. The Morgan fingerprint density at radius 1 is 1.18 bits per heavy atom. The van der Waals surface area contributed by atoms with E-state index in [2.05, 4.69) is 19.9 Å². The topological polar surface area (TPSA) is 94.1 Å². The Balaban J connectivity index is 1.50. The molecule has 38 heavy (non-hydrogen) atoms. The molecular formula is C25H26Cl2F3N7O. The number of anilines is 1. The van der Waals surface area contributed by atoms with Crippen molar-refractivity contribution in [2.45, 2.75) is 32.0 Å². The lowest BCUT2D eigenvalue weighted by Gasteiger charge is -2.47. The fraction of sp³-hybridized carbons (Fsp3) is 0.520. The van der Waals surface area contributed by atoms with Gasteiger partial charge in [0.15, 0.2) is 5.65 Å². The lowest BCUT2D eigenvalue weighted by atomic mass is 9.80. The van der Waals surface area contributed by atoms with Crippen molar-refractivity contribution in [3.8, 4) is 6.07 Å². The van der Waals surface area contributed by atoms with Gasteiger partial charge in [0.05, 0.1) is 23.9 Å². The summed E-state index contributed by atoms with van der Waals surface area (Å²) in [5, 5.41) is 19.5. The maximum Gasteiger partial charge on any atom is 0.421 e. The number of aromatic nitrogens is 4. The molecule has 0 aromatic carbocycles. The second kappa shape index (κ2) is 10.5. The molecule has 0 bridgehead atoms. The van der Waals surface area contributed by atoms with Crippen LogP contribution in [0.2, 0.25) is 10.2 Å². The van der Waals surface area contributed by atoms with Crippen LogP contribution in [0.3, 0.4) is 0 Å². The number of fused-ring (bicyclic) bond motifs is 1. The van der Waals surface area contributed by atoms with Crippen LogP contribution in [0.4, 0.5) is 19.0 Å². The van der Waals surface area contributed by atoms with Gasteiger partial charge in [0.2, 0.25) is 0 Å². The summed E-state index contributed by atoms with van der Waals surface area (Å²) < 4.78 is 43.6. The third-order valence-corrected chi connectivity index (χ3v) is 8.15. The zero-order chi connectivity index (χ0) is 27.2. The van der Waals surface area contributed by atoms with Crippen LogP contribution in [0.1, 0.15) is 42.6 Å². The average molecular weight is 568 g/mol. The van der Waals surface area contributed by atoms with Crippen LogP contribution in [-0.4, -0.2) is 68.9 Å². The Bertz CT molecular complexity index is 1380. The molecule has 0 saturated carbocycles. The van der Waals surface area contributed by atoms with Crippen LogP contribution >= 0.6 is 23.2 Å². The van der Waals surface area contributed by atoms with Crippen LogP contribution in [-0.2, 0) is 6.18 Å². The highest BCUT2D eigenvalue weighted by molar-refractivity contribution is 6.34. The first-order chi connectivity index (χ1) is 18.1. The van der Waals surface area contributed by atoms with Gasteiger partial charge in [-0.25, -0.2) is 15.0 Å². The highest BCUT2D eigenvalue weighted by Gasteiger charge is 2.42. The predicted molar refractivity (Wildman–Crippen MR) is 137 cm³/mol. The summed E-state index contributed by atoms with van der Waals surface area (Å²) >= 11 is 12.3. The zero-order valence-corrected chi connectivity index (χ0v) is 22.1. The maximum atomic E-state index is 14.1. The number of aliphatic hydroxyl groups is 1. The Morgan fingerprint density at radius 3 is 2.61 bits per heavy atom. The lowest BCUT2D eigenvalue weighted by molar-refractivity contribution is -0.136. The van der Waals surface area contributed by atoms with Gasteiger partial charge in [-0.05, 0) is 44.2 Å². The van der Waals surface area contributed by atoms with E-state index < -0.39 is 23.5 Å². The molecule has 5 heterocycles. The van der Waals surface area contributed by atoms with Gasteiger partial charge in [-0.1, -0.05) is 23.2 Å². The molecule has 0 aliphatic carbocycles. The minimum absolute atomic E-state index is 0.0415. The molecule has 2 fully saturated rings. The molecule has 2 atom stereocenters. The van der Waals surface area contributed by atoms with Gasteiger partial charge in [-0.3, -0.25) is 0 Å². The van der Waals surface area contributed by atoms with Gasteiger partial charge in [0.1, 0.15) is 33.8 Å². The van der Waals surface area contributed by atoms with E-state index in [-0.39, 0.29) is 27.9 Å². The SMILES string of the molecule is C[C@H](c1cnc(Cl)cc1Cl)n1c(C#N)c(C(F)(F)F)c2ncc(N3CC([C@H]4CCCN(CCO)C4)C3)nc21. The van der Waals surface area contributed by atoms with E-state index >= 15 is 0 Å². The van der Waals surface area contributed by atoms with Crippen molar-refractivity contribution in [3.63, 3.8) is 0 Å². The van der Waals surface area contributed by atoms with Crippen molar-refractivity contribution >= 4 is 40.2 Å². The number of piperidine rings is 1. The van der Waals surface area contributed by atoms with Gasteiger partial charge in [-0.2, -0.15) is 18.4 Å². The summed E-state index contributed by atoms with van der Waals surface area (Å²) in [6, 6.07) is 2.33. The minimum atomic E-state index is -4.81. The van der Waals surface area contributed by atoms with Crippen LogP contribution in [0.15, 0.2) is 18.5 Å². The molecule has 3 aromatic heterocycles. The number of hydrogen-bond acceptors (Lipinski definition) is 7. The first-order valence-electron chi connectivity index (χ1n) is 12.4. The number of nitrogens with zero attached hydrogens (tertiary/aromatic N) is 7. The van der Waals surface area contributed by atoms with E-state index in [1.807, 2.05) is 4.90 Å². The fourth-order valence-electron chi connectivity index (χ4n) is 5.64. The third-order valence-electron chi connectivity index (χ3n) is 7.62. The third kappa shape index (κ3) is 4.91. The summed E-state index contributed by atoms with van der Waals surface area (Å²) in [6.45, 7) is 5.80. The van der Waals surface area contributed by atoms with Gasteiger partial charge < -0.3 is 19.5 Å². The monoisotopic (exact) mass is 567 g/mol. The summed E-state index contributed by atoms with van der Waals surface area (Å²) in [7, 11) is 0. The summed E-state index contributed by atoms with van der Waals surface area (Å²) in [5.74, 6) is 1.38. The number of hydrogen-bond donors (Lipinski definition) is 1. The molecule has 3 aromatic rings. The molecule has 2 aliphatic rings. The van der Waals surface area contributed by atoms with Gasteiger partial charge in [0, 0.05) is 37.9 Å².